The Morgan fingerprint density at radius 1 is 1.03 bits per heavy atom. The average molecular weight is 417 g/mol. The fraction of sp³-hybridized carbons (Fsp3) is 0.346. The lowest BCUT2D eigenvalue weighted by Gasteiger charge is -2.37. The van der Waals surface area contributed by atoms with E-state index in [0.29, 0.717) is 6.54 Å². The Hall–Kier alpha value is -3.21. The number of imidazole rings is 1. The highest BCUT2D eigenvalue weighted by Gasteiger charge is 2.51. The van der Waals surface area contributed by atoms with Gasteiger partial charge >= 0.3 is 0 Å². The summed E-state index contributed by atoms with van der Waals surface area (Å²) in [5.41, 5.74) is 7.24. The summed E-state index contributed by atoms with van der Waals surface area (Å²) in [5.74, 6) is 0.982. The Bertz CT molecular complexity index is 1030. The predicted molar refractivity (Wildman–Crippen MR) is 119 cm³/mol. The number of primary amides is 1. The number of ketones is 1. The molecule has 1 saturated carbocycles. The topological polar surface area (TPSA) is 69.0 Å². The van der Waals surface area contributed by atoms with E-state index < -0.39 is 5.41 Å². The maximum atomic E-state index is 13.2. The number of Topliss-reactive ketones (excluding diaryl/α,β-unsaturated/α-hetero) is 1. The molecule has 1 aromatic heterocycles. The first-order valence-electron chi connectivity index (χ1n) is 10.9. The van der Waals surface area contributed by atoms with Crippen molar-refractivity contribution in [3.63, 3.8) is 0 Å². The van der Waals surface area contributed by atoms with Gasteiger partial charge in [0, 0.05) is 6.92 Å². The van der Waals surface area contributed by atoms with Crippen molar-refractivity contribution >= 4 is 11.7 Å². The molecule has 0 saturated heterocycles. The summed E-state index contributed by atoms with van der Waals surface area (Å²) in [6.45, 7) is 4.04. The summed E-state index contributed by atoms with van der Waals surface area (Å²) >= 11 is 0. The van der Waals surface area contributed by atoms with Crippen molar-refractivity contribution in [1.82, 2.24) is 4.57 Å². The Balaban J connectivity index is 1.74. The number of rotatable bonds is 7. The minimum absolute atomic E-state index is 0.0860. The molecule has 0 radical (unpaired) electrons. The summed E-state index contributed by atoms with van der Waals surface area (Å²) < 4.78 is 4.25. The number of amides is 1. The van der Waals surface area contributed by atoms with Crippen LogP contribution in [-0.4, -0.2) is 16.3 Å². The van der Waals surface area contributed by atoms with Crippen LogP contribution in [0.5, 0.6) is 0 Å². The fourth-order valence-corrected chi connectivity index (χ4v) is 5.44. The van der Waals surface area contributed by atoms with E-state index in [1.165, 1.54) is 0 Å². The molecule has 0 spiro atoms. The van der Waals surface area contributed by atoms with E-state index in [-0.39, 0.29) is 23.7 Å². The Labute approximate surface area is 183 Å². The van der Waals surface area contributed by atoms with Gasteiger partial charge in [-0.2, -0.15) is 0 Å². The molecule has 1 aliphatic rings. The number of nitrogens with two attached hydrogens (primary N) is 1. The standard InChI is InChI=1S/C26H29N3O2/c1-19(30)18-28-15-16-29(20(28)2)24-14-13-23(17-24)26(25(27)31,21-9-5-3-6-10-21)22-11-7-4-8-12-22/h3-12,15-16,23-24H,13-14,17-18H2,1-2H3,(H-,27,31)/p+1/t23-,24-/m1/s1. The zero-order chi connectivity index (χ0) is 22.0. The van der Waals surface area contributed by atoms with Crippen LogP contribution >= 0.6 is 0 Å². The molecule has 1 fully saturated rings. The zero-order valence-electron chi connectivity index (χ0n) is 18.2. The molecule has 0 aliphatic heterocycles. The van der Waals surface area contributed by atoms with Gasteiger partial charge in [0.15, 0.2) is 5.78 Å². The molecule has 2 N–H and O–H groups in total. The van der Waals surface area contributed by atoms with E-state index in [0.717, 1.165) is 36.2 Å². The van der Waals surface area contributed by atoms with Crippen molar-refractivity contribution in [3.05, 3.63) is 90.0 Å². The molecule has 0 unspecified atom stereocenters. The van der Waals surface area contributed by atoms with Gasteiger partial charge in [0.25, 0.3) is 5.82 Å². The van der Waals surface area contributed by atoms with Crippen molar-refractivity contribution in [2.75, 3.05) is 0 Å². The van der Waals surface area contributed by atoms with Crippen LogP contribution in [0, 0.1) is 12.8 Å². The highest BCUT2D eigenvalue weighted by Crippen LogP contribution is 2.49. The van der Waals surface area contributed by atoms with E-state index in [1.54, 1.807) is 6.92 Å². The number of hydrogen-bond acceptors (Lipinski definition) is 2. The summed E-state index contributed by atoms with van der Waals surface area (Å²) in [6, 6.07) is 20.2. The Morgan fingerprint density at radius 2 is 1.61 bits per heavy atom. The molecule has 0 bridgehead atoms. The highest BCUT2D eigenvalue weighted by molar-refractivity contribution is 5.91. The van der Waals surface area contributed by atoms with Crippen molar-refractivity contribution in [3.8, 4) is 0 Å². The van der Waals surface area contributed by atoms with E-state index in [9.17, 15) is 9.59 Å². The Morgan fingerprint density at radius 3 is 2.13 bits per heavy atom. The number of benzene rings is 2. The van der Waals surface area contributed by atoms with E-state index in [2.05, 4.69) is 10.8 Å². The molecule has 2 atom stereocenters. The second kappa shape index (κ2) is 8.50. The zero-order valence-corrected chi connectivity index (χ0v) is 18.2. The summed E-state index contributed by atoms with van der Waals surface area (Å²) in [6.07, 6.45) is 6.75. The third-order valence-electron chi connectivity index (χ3n) is 6.85. The summed E-state index contributed by atoms with van der Waals surface area (Å²) in [7, 11) is 0. The van der Waals surface area contributed by atoms with Gasteiger partial charge in [0.2, 0.25) is 5.91 Å². The molecule has 5 nitrogen and oxygen atoms in total. The maximum Gasteiger partial charge on any atom is 0.253 e. The minimum Gasteiger partial charge on any atom is -0.369 e. The lowest BCUT2D eigenvalue weighted by molar-refractivity contribution is -0.689. The van der Waals surface area contributed by atoms with Crippen LogP contribution in [0.25, 0.3) is 0 Å². The van der Waals surface area contributed by atoms with Crippen molar-refractivity contribution < 1.29 is 14.2 Å². The molecule has 3 aromatic rings. The molecule has 1 aliphatic carbocycles. The number of carbonyl (C=O) groups excluding carboxylic acids is 2. The van der Waals surface area contributed by atoms with Crippen molar-refractivity contribution in [2.45, 2.75) is 51.1 Å². The minimum atomic E-state index is -0.867. The van der Waals surface area contributed by atoms with Gasteiger partial charge in [-0.05, 0) is 43.2 Å². The lowest BCUT2D eigenvalue weighted by atomic mass is 9.64. The van der Waals surface area contributed by atoms with Crippen LogP contribution in [-0.2, 0) is 21.5 Å². The van der Waals surface area contributed by atoms with Crippen LogP contribution in [0.1, 0.15) is 49.2 Å². The second-order valence-corrected chi connectivity index (χ2v) is 8.65. The van der Waals surface area contributed by atoms with Gasteiger partial charge in [0.1, 0.15) is 30.4 Å². The predicted octanol–water partition coefficient (Wildman–Crippen LogP) is 3.49. The van der Waals surface area contributed by atoms with Crippen molar-refractivity contribution in [1.29, 1.82) is 0 Å². The molecule has 1 amide bonds. The number of hydrogen-bond donors (Lipinski definition) is 1. The van der Waals surface area contributed by atoms with Gasteiger partial charge in [-0.1, -0.05) is 60.7 Å². The molecule has 4 rings (SSSR count). The largest absolute Gasteiger partial charge is 0.369 e. The van der Waals surface area contributed by atoms with Crippen LogP contribution in [0.15, 0.2) is 73.1 Å². The summed E-state index contributed by atoms with van der Waals surface area (Å²) in [4.78, 5) is 24.8. The van der Waals surface area contributed by atoms with Gasteiger partial charge in [-0.15, -0.1) is 0 Å². The first kappa shape index (κ1) is 21.0. The molecule has 2 aromatic carbocycles. The smallest absolute Gasteiger partial charge is 0.253 e. The fourth-order valence-electron chi connectivity index (χ4n) is 5.44. The maximum absolute atomic E-state index is 13.2. The molecule has 1 heterocycles. The molecular weight excluding hydrogens is 386 g/mol. The van der Waals surface area contributed by atoms with Gasteiger partial charge in [-0.3, -0.25) is 9.59 Å². The van der Waals surface area contributed by atoms with Gasteiger partial charge < -0.3 is 5.73 Å². The van der Waals surface area contributed by atoms with Crippen LogP contribution in [0.4, 0.5) is 0 Å². The number of nitrogens with zero attached hydrogens (tertiary/aromatic N) is 2. The van der Waals surface area contributed by atoms with Crippen LogP contribution < -0.4 is 10.3 Å². The third-order valence-corrected chi connectivity index (χ3v) is 6.85. The lowest BCUT2D eigenvalue weighted by Crippen LogP contribution is -2.47. The van der Waals surface area contributed by atoms with Gasteiger partial charge in [0.05, 0.1) is 0 Å². The van der Waals surface area contributed by atoms with Crippen molar-refractivity contribution in [2.24, 2.45) is 11.7 Å². The monoisotopic (exact) mass is 416 g/mol. The van der Waals surface area contributed by atoms with E-state index in [4.69, 9.17) is 5.73 Å². The Kier molecular flexibility index (Phi) is 5.77. The van der Waals surface area contributed by atoms with Crippen LogP contribution in [0.2, 0.25) is 0 Å². The average Bonchev–Trinajstić information content (AvgIpc) is 3.37. The SMILES string of the molecule is CC(=O)C[n+]1ccn([C@@H]2CC[C@@H](C(C(N)=O)(c3ccccc3)c3ccccc3)C2)c1C. The quantitative estimate of drug-likeness (QED) is 0.599. The van der Waals surface area contributed by atoms with Gasteiger partial charge in [-0.25, -0.2) is 9.13 Å². The summed E-state index contributed by atoms with van der Waals surface area (Å²) in [5, 5.41) is 0. The van der Waals surface area contributed by atoms with E-state index >= 15 is 0 Å². The number of aromatic nitrogens is 2. The third kappa shape index (κ3) is 3.69. The molecular formula is C26H30N3O2+. The van der Waals surface area contributed by atoms with E-state index in [1.807, 2.05) is 78.4 Å². The first-order valence-corrected chi connectivity index (χ1v) is 10.9. The highest BCUT2D eigenvalue weighted by atomic mass is 16.1. The normalized spacial score (nSPS) is 18.8. The molecule has 160 valence electrons. The molecule has 5 heteroatoms. The van der Waals surface area contributed by atoms with Crippen LogP contribution in [0.3, 0.4) is 0 Å². The number of carbonyl (C=O) groups is 2. The molecule has 31 heavy (non-hydrogen) atoms. The first-order chi connectivity index (χ1) is 14.9. The second-order valence-electron chi connectivity index (χ2n) is 8.65.